The van der Waals surface area contributed by atoms with Crippen molar-refractivity contribution < 1.29 is 28.9 Å². The van der Waals surface area contributed by atoms with E-state index in [2.05, 4.69) is 0 Å². The number of carbonyl (C=O) groups excluding carboxylic acids is 2. The summed E-state index contributed by atoms with van der Waals surface area (Å²) in [7, 11) is 2.87. The van der Waals surface area contributed by atoms with Gasteiger partial charge in [-0.15, -0.1) is 0 Å². The number of aliphatic hydroxyl groups is 1. The van der Waals surface area contributed by atoms with Crippen molar-refractivity contribution in [3.63, 3.8) is 0 Å². The highest BCUT2D eigenvalue weighted by molar-refractivity contribution is 6.46. The van der Waals surface area contributed by atoms with Crippen LogP contribution in [-0.4, -0.2) is 49.1 Å². The van der Waals surface area contributed by atoms with Crippen LogP contribution in [0.3, 0.4) is 0 Å². The van der Waals surface area contributed by atoms with Crippen LogP contribution >= 0.6 is 11.6 Å². The molecule has 1 unspecified atom stereocenters. The Labute approximate surface area is 198 Å². The maximum atomic E-state index is 13.1. The van der Waals surface area contributed by atoms with Crippen molar-refractivity contribution in [3.05, 3.63) is 58.1 Å². The zero-order valence-corrected chi connectivity index (χ0v) is 19.9. The van der Waals surface area contributed by atoms with Gasteiger partial charge in [-0.1, -0.05) is 37.6 Å². The molecule has 1 amide bonds. The number of likely N-dealkylation sites (tertiary alicyclic amines) is 1. The Morgan fingerprint density at radius 3 is 2.27 bits per heavy atom. The molecule has 1 saturated heterocycles. The predicted molar refractivity (Wildman–Crippen MR) is 126 cm³/mol. The number of carbonyl (C=O) groups is 2. The van der Waals surface area contributed by atoms with Crippen LogP contribution in [-0.2, 0) is 9.59 Å². The molecule has 0 aliphatic carbocycles. The number of Topliss-reactive ketones (excluding diaryl/α,β-unsaturated/α-hetero) is 1. The van der Waals surface area contributed by atoms with Gasteiger partial charge in [-0.2, -0.15) is 0 Å². The van der Waals surface area contributed by atoms with E-state index in [9.17, 15) is 14.7 Å². The molecule has 3 rings (SSSR count). The summed E-state index contributed by atoms with van der Waals surface area (Å²) in [6.07, 6.45) is 1.53. The van der Waals surface area contributed by atoms with E-state index in [4.69, 9.17) is 25.8 Å². The minimum Gasteiger partial charge on any atom is -0.507 e. The first kappa shape index (κ1) is 24.5. The highest BCUT2D eigenvalue weighted by Gasteiger charge is 2.46. The smallest absolute Gasteiger partial charge is 0.295 e. The second-order valence-electron chi connectivity index (χ2n) is 7.60. The van der Waals surface area contributed by atoms with E-state index in [0.717, 1.165) is 6.42 Å². The Bertz CT molecular complexity index is 1060. The minimum atomic E-state index is -0.756. The molecule has 1 aliphatic heterocycles. The first-order valence-electron chi connectivity index (χ1n) is 10.8. The number of hydrogen-bond acceptors (Lipinski definition) is 6. The highest BCUT2D eigenvalue weighted by Crippen LogP contribution is 2.43. The third-order valence-electron chi connectivity index (χ3n) is 5.40. The average Bonchev–Trinajstić information content (AvgIpc) is 3.07. The summed E-state index contributed by atoms with van der Waals surface area (Å²) in [5.41, 5.74) is 0.882. The molecule has 1 N–H and O–H groups in total. The minimum absolute atomic E-state index is 0.0154. The van der Waals surface area contributed by atoms with Gasteiger partial charge in [0.1, 0.15) is 23.0 Å². The van der Waals surface area contributed by atoms with Gasteiger partial charge in [0, 0.05) is 12.6 Å². The molecule has 1 aliphatic rings. The number of aliphatic hydroxyl groups excluding tert-OH is 1. The van der Waals surface area contributed by atoms with Gasteiger partial charge in [0.2, 0.25) is 0 Å². The van der Waals surface area contributed by atoms with Crippen LogP contribution in [0.4, 0.5) is 0 Å². The van der Waals surface area contributed by atoms with Gasteiger partial charge in [-0.3, -0.25) is 9.59 Å². The molecule has 1 heterocycles. The second kappa shape index (κ2) is 10.6. The summed E-state index contributed by atoms with van der Waals surface area (Å²) in [5, 5.41) is 11.6. The summed E-state index contributed by atoms with van der Waals surface area (Å²) in [6.45, 7) is 4.89. The number of ketones is 1. The summed E-state index contributed by atoms with van der Waals surface area (Å²) in [5.74, 6) is -0.520. The Balaban J connectivity index is 2.18. The summed E-state index contributed by atoms with van der Waals surface area (Å²) in [6, 6.07) is 9.42. The maximum Gasteiger partial charge on any atom is 0.295 e. The molecule has 2 aromatic carbocycles. The average molecular weight is 474 g/mol. The first-order valence-corrected chi connectivity index (χ1v) is 11.2. The SMILES string of the molecule is CCCOc1ccc(C2/C(=C(\O)c3cc(OC)c(Cl)cc3OC)C(=O)C(=O)N2CCC)cc1. The molecule has 0 bridgehead atoms. The van der Waals surface area contributed by atoms with E-state index in [1.54, 1.807) is 24.3 Å². The van der Waals surface area contributed by atoms with Gasteiger partial charge in [0.15, 0.2) is 0 Å². The maximum absolute atomic E-state index is 13.1. The molecule has 1 fully saturated rings. The van der Waals surface area contributed by atoms with E-state index in [-0.39, 0.29) is 27.7 Å². The van der Waals surface area contributed by atoms with E-state index >= 15 is 0 Å². The number of nitrogens with zero attached hydrogens (tertiary/aromatic N) is 1. The molecule has 1 atom stereocenters. The lowest BCUT2D eigenvalue weighted by Crippen LogP contribution is -2.30. The largest absolute Gasteiger partial charge is 0.507 e. The molecule has 176 valence electrons. The topological polar surface area (TPSA) is 85.3 Å². The quantitative estimate of drug-likeness (QED) is 0.314. The summed E-state index contributed by atoms with van der Waals surface area (Å²) in [4.78, 5) is 27.5. The van der Waals surface area contributed by atoms with E-state index in [0.29, 0.717) is 36.6 Å². The molecule has 0 radical (unpaired) electrons. The van der Waals surface area contributed by atoms with Crippen LogP contribution in [0, 0.1) is 0 Å². The molecule has 2 aromatic rings. The molecule has 7 nitrogen and oxygen atoms in total. The van der Waals surface area contributed by atoms with Gasteiger partial charge < -0.3 is 24.2 Å². The Hall–Kier alpha value is -3.19. The fourth-order valence-corrected chi connectivity index (χ4v) is 4.09. The molecule has 0 saturated carbocycles. The van der Waals surface area contributed by atoms with Crippen molar-refractivity contribution in [1.29, 1.82) is 0 Å². The molecule has 0 aromatic heterocycles. The monoisotopic (exact) mass is 473 g/mol. The number of halogens is 1. The molecular formula is C25H28ClNO6. The third-order valence-corrected chi connectivity index (χ3v) is 5.70. The van der Waals surface area contributed by atoms with E-state index in [1.807, 2.05) is 13.8 Å². The van der Waals surface area contributed by atoms with Gasteiger partial charge in [-0.25, -0.2) is 0 Å². The second-order valence-corrected chi connectivity index (χ2v) is 8.00. The Morgan fingerprint density at radius 2 is 1.70 bits per heavy atom. The lowest BCUT2D eigenvalue weighted by Gasteiger charge is -2.25. The summed E-state index contributed by atoms with van der Waals surface area (Å²) < 4.78 is 16.3. The van der Waals surface area contributed by atoms with Crippen molar-refractivity contribution >= 4 is 29.1 Å². The van der Waals surface area contributed by atoms with Gasteiger partial charge >= 0.3 is 0 Å². The Morgan fingerprint density at radius 1 is 1.03 bits per heavy atom. The number of benzene rings is 2. The molecule has 0 spiro atoms. The predicted octanol–water partition coefficient (Wildman–Crippen LogP) is 4.98. The van der Waals surface area contributed by atoms with E-state index in [1.165, 1.54) is 31.3 Å². The van der Waals surface area contributed by atoms with Crippen LogP contribution in [0.15, 0.2) is 42.0 Å². The molecule has 33 heavy (non-hydrogen) atoms. The van der Waals surface area contributed by atoms with Gasteiger partial charge in [0.25, 0.3) is 11.7 Å². The number of methoxy groups -OCH3 is 2. The van der Waals surface area contributed by atoms with Crippen LogP contribution < -0.4 is 14.2 Å². The van der Waals surface area contributed by atoms with E-state index < -0.39 is 17.7 Å². The fraction of sp³-hybridized carbons (Fsp3) is 0.360. The van der Waals surface area contributed by atoms with Crippen LogP contribution in [0.25, 0.3) is 5.76 Å². The number of amides is 1. The Kier molecular flexibility index (Phi) is 7.87. The molecule has 8 heteroatoms. The summed E-state index contributed by atoms with van der Waals surface area (Å²) >= 11 is 6.19. The van der Waals surface area contributed by atoms with Crippen molar-refractivity contribution in [1.82, 2.24) is 4.90 Å². The van der Waals surface area contributed by atoms with Gasteiger partial charge in [0.05, 0.1) is 43.0 Å². The highest BCUT2D eigenvalue weighted by atomic mass is 35.5. The van der Waals surface area contributed by atoms with Crippen LogP contribution in [0.5, 0.6) is 17.2 Å². The zero-order chi connectivity index (χ0) is 24.1. The standard InChI is InChI=1S/C25H28ClNO6/c1-5-11-27-22(15-7-9-16(10-8-15)33-12-6-2)21(24(29)25(27)30)23(28)17-13-20(32-4)18(26)14-19(17)31-3/h7-10,13-14,22,28H,5-6,11-12H2,1-4H3/b23-21+. The van der Waals surface area contributed by atoms with Crippen molar-refractivity contribution in [2.24, 2.45) is 0 Å². The first-order chi connectivity index (χ1) is 15.9. The van der Waals surface area contributed by atoms with Crippen molar-refractivity contribution in [2.45, 2.75) is 32.7 Å². The van der Waals surface area contributed by atoms with Crippen molar-refractivity contribution in [2.75, 3.05) is 27.4 Å². The normalized spacial score (nSPS) is 17.4. The zero-order valence-electron chi connectivity index (χ0n) is 19.2. The fourth-order valence-electron chi connectivity index (χ4n) is 3.85. The third kappa shape index (κ3) is 4.78. The number of ether oxygens (including phenoxy) is 3. The number of rotatable bonds is 9. The van der Waals surface area contributed by atoms with Gasteiger partial charge in [-0.05, 0) is 36.6 Å². The lowest BCUT2D eigenvalue weighted by molar-refractivity contribution is -0.139. The van der Waals surface area contributed by atoms with Crippen molar-refractivity contribution in [3.8, 4) is 17.2 Å². The molecular weight excluding hydrogens is 446 g/mol. The number of hydrogen-bond donors (Lipinski definition) is 1. The van der Waals surface area contributed by atoms with Crippen LogP contribution in [0.1, 0.15) is 43.9 Å². The van der Waals surface area contributed by atoms with Crippen LogP contribution in [0.2, 0.25) is 5.02 Å². The lowest BCUT2D eigenvalue weighted by atomic mass is 9.94.